The van der Waals surface area contributed by atoms with Crippen LogP contribution >= 0.6 is 0 Å². The number of rotatable bonds is 2. The van der Waals surface area contributed by atoms with Gasteiger partial charge in [-0.05, 0) is 13.2 Å². The van der Waals surface area contributed by atoms with Crippen LogP contribution in [0.4, 0.5) is 0 Å². The molecule has 0 rings (SSSR count). The van der Waals surface area contributed by atoms with Crippen LogP contribution in [0.2, 0.25) is 0 Å². The van der Waals surface area contributed by atoms with Crippen LogP contribution < -0.4 is 0 Å². The first kappa shape index (κ1) is 6.41. The molecule has 0 saturated carbocycles. The maximum atomic E-state index is 4.54. The normalized spacial score (nSPS) is 11.7. The van der Waals surface area contributed by atoms with E-state index in [9.17, 15) is 0 Å². The Kier molecular flexibility index (Phi) is 4.95. The molecule has 0 aromatic carbocycles. The van der Waals surface area contributed by atoms with Crippen molar-refractivity contribution in [1.29, 1.82) is 0 Å². The average molecular weight is 98.1 g/mol. The van der Waals surface area contributed by atoms with E-state index in [0.29, 0.717) is 0 Å². The molecule has 0 unspecified atom stereocenters. The van der Waals surface area contributed by atoms with E-state index in [2.05, 4.69) is 10.7 Å². The van der Waals surface area contributed by atoms with Gasteiger partial charge in [0, 0.05) is 0 Å². The fraction of sp³-hybridized carbons (Fsp3) is 0.500. The summed E-state index contributed by atoms with van der Waals surface area (Å²) in [5.74, 6) is 0. The van der Waals surface area contributed by atoms with Gasteiger partial charge in [-0.25, -0.2) is 0 Å². The van der Waals surface area contributed by atoms with Crippen molar-refractivity contribution in [3.8, 4) is 0 Å². The second kappa shape index (κ2) is 5.41. The highest BCUT2D eigenvalue weighted by atomic mass is 16.4. The Balaban J connectivity index is 2.98. The molecule has 0 aromatic heterocycles. The minimum absolute atomic E-state index is 0.785. The van der Waals surface area contributed by atoms with Crippen molar-refractivity contribution in [1.82, 2.24) is 0 Å². The van der Waals surface area contributed by atoms with Crippen LogP contribution in [0.15, 0.2) is 12.2 Å². The van der Waals surface area contributed by atoms with Crippen molar-refractivity contribution in [3.63, 3.8) is 0 Å². The Morgan fingerprint density at radius 3 is 2.86 bits per heavy atom. The second-order valence-corrected chi connectivity index (χ2v) is 1.12. The third kappa shape index (κ3) is 5.41. The SMILES string of the molecule is C/C=C/C[C-]=[O+]C. The summed E-state index contributed by atoms with van der Waals surface area (Å²) in [5, 5.41) is 0. The summed E-state index contributed by atoms with van der Waals surface area (Å²) in [4.78, 5) is 0. The molecule has 0 atom stereocenters. The van der Waals surface area contributed by atoms with E-state index in [1.165, 1.54) is 0 Å². The summed E-state index contributed by atoms with van der Waals surface area (Å²) in [7, 11) is 1.60. The van der Waals surface area contributed by atoms with Crippen LogP contribution in [-0.4, -0.2) is 13.4 Å². The molecule has 1 heteroatoms. The molecule has 0 bridgehead atoms. The largest absolute Gasteiger partial charge is 0.459 e. The minimum Gasteiger partial charge on any atom is -0.459 e. The second-order valence-electron chi connectivity index (χ2n) is 1.12. The van der Waals surface area contributed by atoms with E-state index in [4.69, 9.17) is 0 Å². The first-order valence-electron chi connectivity index (χ1n) is 2.28. The molecule has 0 fully saturated rings. The zero-order chi connectivity index (χ0) is 5.54. The molecule has 7 heavy (non-hydrogen) atoms. The third-order valence-corrected chi connectivity index (χ3v) is 0.581. The van der Waals surface area contributed by atoms with Gasteiger partial charge in [0.05, 0.1) is 0 Å². The van der Waals surface area contributed by atoms with Gasteiger partial charge in [-0.1, -0.05) is 12.5 Å². The Morgan fingerprint density at radius 2 is 2.43 bits per heavy atom. The van der Waals surface area contributed by atoms with Crippen LogP contribution in [-0.2, 0) is 4.42 Å². The molecular formula is C6H10O. The maximum Gasteiger partial charge on any atom is 0.208 e. The van der Waals surface area contributed by atoms with Gasteiger partial charge in [0.15, 0.2) is 0 Å². The first-order chi connectivity index (χ1) is 3.41. The van der Waals surface area contributed by atoms with Crippen molar-refractivity contribution in [3.05, 3.63) is 12.2 Å². The number of carbonyl (C=O) groups excluding carboxylic acids is 1. The fourth-order valence-corrected chi connectivity index (χ4v) is 0.249. The highest BCUT2D eigenvalue weighted by Gasteiger charge is 1.58. The van der Waals surface area contributed by atoms with E-state index < -0.39 is 0 Å². The molecule has 0 heterocycles. The van der Waals surface area contributed by atoms with Crippen LogP contribution in [0.1, 0.15) is 13.3 Å². The standard InChI is InChI=1S/C6H10O/c1-3-4-5-6-7-2/h3-4H,5H2,1-2H3/b4-3+. The van der Waals surface area contributed by atoms with Gasteiger partial charge in [0.25, 0.3) is 0 Å². The summed E-state index contributed by atoms with van der Waals surface area (Å²) in [6.07, 6.45) is 7.39. The Labute approximate surface area is 44.4 Å². The summed E-state index contributed by atoms with van der Waals surface area (Å²) < 4.78 is 4.54. The van der Waals surface area contributed by atoms with Gasteiger partial charge in [-0.3, -0.25) is 0 Å². The zero-order valence-corrected chi connectivity index (χ0v) is 4.77. The predicted octanol–water partition coefficient (Wildman–Crippen LogP) is 1.23. The molecule has 0 aliphatic heterocycles. The topological polar surface area (TPSA) is 11.3 Å². The van der Waals surface area contributed by atoms with E-state index >= 15 is 0 Å². The van der Waals surface area contributed by atoms with E-state index in [0.717, 1.165) is 6.42 Å². The quantitative estimate of drug-likeness (QED) is 0.279. The van der Waals surface area contributed by atoms with Crippen molar-refractivity contribution >= 4 is 6.29 Å². The molecule has 40 valence electrons. The molecular weight excluding hydrogens is 88.1 g/mol. The molecule has 0 radical (unpaired) electrons. The van der Waals surface area contributed by atoms with Crippen molar-refractivity contribution < 1.29 is 4.42 Å². The summed E-state index contributed by atoms with van der Waals surface area (Å²) >= 11 is 0. The smallest absolute Gasteiger partial charge is 0.208 e. The Hall–Kier alpha value is -0.590. The fourth-order valence-electron chi connectivity index (χ4n) is 0.249. The minimum atomic E-state index is 0.785. The zero-order valence-electron chi connectivity index (χ0n) is 4.77. The monoisotopic (exact) mass is 98.1 g/mol. The lowest BCUT2D eigenvalue weighted by Gasteiger charge is -1.78. The van der Waals surface area contributed by atoms with Crippen LogP contribution in [0, 0.1) is 0 Å². The van der Waals surface area contributed by atoms with Crippen LogP contribution in [0.5, 0.6) is 0 Å². The predicted molar refractivity (Wildman–Crippen MR) is 31.0 cm³/mol. The Morgan fingerprint density at radius 1 is 1.71 bits per heavy atom. The van der Waals surface area contributed by atoms with E-state index in [1.54, 1.807) is 7.11 Å². The van der Waals surface area contributed by atoms with Gasteiger partial charge in [-0.2, -0.15) is 0 Å². The van der Waals surface area contributed by atoms with Gasteiger partial charge < -0.3 is 4.42 Å². The molecule has 0 aliphatic carbocycles. The number of allylic oxidation sites excluding steroid dienone is 2. The number of hydrogen-bond donors (Lipinski definition) is 0. The molecule has 0 aliphatic rings. The van der Waals surface area contributed by atoms with Gasteiger partial charge in [0.1, 0.15) is 0 Å². The maximum absolute atomic E-state index is 4.54. The highest BCUT2D eigenvalue weighted by molar-refractivity contribution is 5.53. The number of hydrogen-bond acceptors (Lipinski definition) is 0. The lowest BCUT2D eigenvalue weighted by Crippen LogP contribution is -1.69. The lowest BCUT2D eigenvalue weighted by atomic mass is 10.4. The summed E-state index contributed by atoms with van der Waals surface area (Å²) in [5.41, 5.74) is 0. The van der Waals surface area contributed by atoms with Gasteiger partial charge in [0.2, 0.25) is 7.11 Å². The summed E-state index contributed by atoms with van der Waals surface area (Å²) in [6.45, 7) is 1.97. The first-order valence-corrected chi connectivity index (χ1v) is 2.28. The van der Waals surface area contributed by atoms with Crippen molar-refractivity contribution in [2.24, 2.45) is 0 Å². The average Bonchev–Trinajstić information content (AvgIpc) is 1.69. The molecule has 0 spiro atoms. The van der Waals surface area contributed by atoms with E-state index in [-0.39, 0.29) is 0 Å². The van der Waals surface area contributed by atoms with Gasteiger partial charge >= 0.3 is 0 Å². The highest BCUT2D eigenvalue weighted by Crippen LogP contribution is 1.73. The lowest BCUT2D eigenvalue weighted by molar-refractivity contribution is 0.182. The summed E-state index contributed by atoms with van der Waals surface area (Å²) in [6, 6.07) is 0. The van der Waals surface area contributed by atoms with Crippen LogP contribution in [0.25, 0.3) is 0 Å². The van der Waals surface area contributed by atoms with E-state index in [1.807, 2.05) is 19.1 Å². The van der Waals surface area contributed by atoms with Crippen LogP contribution in [0.3, 0.4) is 0 Å². The third-order valence-electron chi connectivity index (χ3n) is 0.581. The molecule has 0 saturated heterocycles. The molecule has 0 N–H and O–H groups in total. The van der Waals surface area contributed by atoms with Crippen molar-refractivity contribution in [2.45, 2.75) is 13.3 Å². The molecule has 0 aromatic rings. The van der Waals surface area contributed by atoms with Gasteiger partial charge in [-0.15, -0.1) is 6.08 Å². The molecule has 1 nitrogen and oxygen atoms in total. The Bertz CT molecular complexity index is 62.2. The van der Waals surface area contributed by atoms with Crippen molar-refractivity contribution in [2.75, 3.05) is 7.11 Å². The molecule has 0 amide bonds.